The van der Waals surface area contributed by atoms with Crippen LogP contribution in [0.4, 0.5) is 0 Å². The van der Waals surface area contributed by atoms with E-state index in [9.17, 15) is 9.59 Å². The Balaban J connectivity index is 3.10. The maximum atomic E-state index is 11.3. The van der Waals surface area contributed by atoms with Crippen LogP contribution in [-0.4, -0.2) is 14.5 Å². The molecule has 1 N–H and O–H groups in total. The Hall–Kier alpha value is -1.62. The molecule has 5 nitrogen and oxygen atoms in total. The predicted octanol–water partition coefficient (Wildman–Crippen LogP) is 0.275. The topological polar surface area (TPSA) is 67.8 Å². The molecule has 0 amide bonds. The molecule has 2 aromatic heterocycles. The van der Waals surface area contributed by atoms with Crippen LogP contribution in [0, 0.1) is 0 Å². The highest BCUT2D eigenvalue weighted by molar-refractivity contribution is 6.31. The second-order valence-corrected chi connectivity index (χ2v) is 3.28. The summed E-state index contributed by atoms with van der Waals surface area (Å²) in [7, 11) is 1.53. The van der Waals surface area contributed by atoms with E-state index in [1.54, 1.807) is 0 Å². The fourth-order valence-corrected chi connectivity index (χ4v) is 1.37. The zero-order valence-corrected chi connectivity index (χ0v) is 8.00. The summed E-state index contributed by atoms with van der Waals surface area (Å²) < 4.78 is 1.26. The van der Waals surface area contributed by atoms with Gasteiger partial charge in [-0.05, 0) is 6.07 Å². The Kier molecular flexibility index (Phi) is 1.89. The van der Waals surface area contributed by atoms with Crippen molar-refractivity contribution in [1.82, 2.24) is 14.5 Å². The maximum Gasteiger partial charge on any atom is 0.329 e. The van der Waals surface area contributed by atoms with Crippen LogP contribution in [0.3, 0.4) is 0 Å². The van der Waals surface area contributed by atoms with Crippen LogP contribution in [0.1, 0.15) is 0 Å². The quantitative estimate of drug-likeness (QED) is 0.681. The summed E-state index contributed by atoms with van der Waals surface area (Å²) in [6.45, 7) is 0. The first kappa shape index (κ1) is 8.96. The number of aromatic amines is 1. The maximum absolute atomic E-state index is 11.3. The molecule has 0 unspecified atom stereocenters. The van der Waals surface area contributed by atoms with Crippen molar-refractivity contribution < 1.29 is 0 Å². The highest BCUT2D eigenvalue weighted by Gasteiger charge is 2.05. The van der Waals surface area contributed by atoms with Crippen LogP contribution in [0.15, 0.2) is 21.9 Å². The molecule has 0 spiro atoms. The van der Waals surface area contributed by atoms with Crippen molar-refractivity contribution in [3.63, 3.8) is 0 Å². The average molecular weight is 212 g/mol. The van der Waals surface area contributed by atoms with Gasteiger partial charge in [0.05, 0.1) is 10.4 Å². The van der Waals surface area contributed by atoms with Crippen molar-refractivity contribution in [1.29, 1.82) is 0 Å². The smallest absolute Gasteiger partial charge is 0.281 e. The third-order valence-electron chi connectivity index (χ3n) is 1.92. The molecule has 0 aliphatic rings. The molecule has 6 heteroatoms. The van der Waals surface area contributed by atoms with Gasteiger partial charge < -0.3 is 0 Å². The summed E-state index contributed by atoms with van der Waals surface area (Å²) in [5.41, 5.74) is -0.640. The molecule has 0 radical (unpaired) electrons. The average Bonchev–Trinajstić information content (AvgIpc) is 2.14. The van der Waals surface area contributed by atoms with Crippen molar-refractivity contribution in [2.45, 2.75) is 0 Å². The summed E-state index contributed by atoms with van der Waals surface area (Å²) >= 11 is 5.68. The van der Waals surface area contributed by atoms with Gasteiger partial charge in [-0.2, -0.15) is 0 Å². The number of hydrogen-bond donors (Lipinski definition) is 1. The Morgan fingerprint density at radius 1 is 1.50 bits per heavy atom. The van der Waals surface area contributed by atoms with Crippen molar-refractivity contribution in [3.05, 3.63) is 38.1 Å². The molecule has 0 atom stereocenters. The summed E-state index contributed by atoms with van der Waals surface area (Å²) in [5.74, 6) is 0. The van der Waals surface area contributed by atoms with E-state index in [1.807, 2.05) is 0 Å². The number of nitrogens with one attached hydrogen (secondary N) is 1. The molecule has 14 heavy (non-hydrogen) atoms. The molecule has 72 valence electrons. The molecular formula is C8H6ClN3O2. The van der Waals surface area contributed by atoms with Crippen LogP contribution in [0.5, 0.6) is 0 Å². The minimum Gasteiger partial charge on any atom is -0.281 e. The van der Waals surface area contributed by atoms with E-state index in [-0.39, 0.29) is 0 Å². The van der Waals surface area contributed by atoms with Gasteiger partial charge in [0.25, 0.3) is 5.56 Å². The van der Waals surface area contributed by atoms with Crippen LogP contribution in [0.25, 0.3) is 11.0 Å². The normalized spacial score (nSPS) is 10.7. The number of hydrogen-bond acceptors (Lipinski definition) is 3. The van der Waals surface area contributed by atoms with Gasteiger partial charge in [0, 0.05) is 13.2 Å². The lowest BCUT2D eigenvalue weighted by Gasteiger charge is -2.01. The Morgan fingerprint density at radius 3 is 2.93 bits per heavy atom. The number of rotatable bonds is 0. The molecule has 0 aliphatic heterocycles. The van der Waals surface area contributed by atoms with E-state index in [1.165, 1.54) is 23.9 Å². The molecule has 0 aliphatic carbocycles. The number of halogens is 1. The standard InChI is InChI=1S/C8H6ClN3O2/c1-12-6-5(2-4(9)3-10-6)7(13)11-8(12)14/h2-3H,1H3,(H,11,13,14). The van der Waals surface area contributed by atoms with Gasteiger partial charge in [0.15, 0.2) is 0 Å². The third-order valence-corrected chi connectivity index (χ3v) is 2.13. The van der Waals surface area contributed by atoms with E-state index >= 15 is 0 Å². The minimum absolute atomic E-state index is 0.305. The molecular weight excluding hydrogens is 206 g/mol. The SMILES string of the molecule is Cn1c(=O)[nH]c(=O)c2cc(Cl)cnc21. The summed E-state index contributed by atoms with van der Waals surface area (Å²) in [6.07, 6.45) is 1.39. The summed E-state index contributed by atoms with van der Waals surface area (Å²) in [4.78, 5) is 28.6. The third kappa shape index (κ3) is 1.22. The number of pyridine rings is 1. The zero-order valence-electron chi connectivity index (χ0n) is 7.24. The van der Waals surface area contributed by atoms with Gasteiger partial charge in [-0.3, -0.25) is 14.3 Å². The van der Waals surface area contributed by atoms with Gasteiger partial charge in [-0.25, -0.2) is 9.78 Å². The van der Waals surface area contributed by atoms with Gasteiger partial charge in [-0.1, -0.05) is 11.6 Å². The van der Waals surface area contributed by atoms with E-state index in [2.05, 4.69) is 9.97 Å². The van der Waals surface area contributed by atoms with E-state index in [4.69, 9.17) is 11.6 Å². The molecule has 2 rings (SSSR count). The molecule has 0 saturated heterocycles. The molecule has 2 aromatic rings. The first-order valence-electron chi connectivity index (χ1n) is 3.84. The second kappa shape index (κ2) is 2.95. The van der Waals surface area contributed by atoms with Crippen LogP contribution in [-0.2, 0) is 7.05 Å². The van der Waals surface area contributed by atoms with Crippen molar-refractivity contribution in [2.24, 2.45) is 7.05 Å². The minimum atomic E-state index is -0.489. The lowest BCUT2D eigenvalue weighted by Crippen LogP contribution is -2.28. The lowest BCUT2D eigenvalue weighted by molar-refractivity contribution is 0.829. The fourth-order valence-electron chi connectivity index (χ4n) is 1.21. The van der Waals surface area contributed by atoms with Crippen molar-refractivity contribution >= 4 is 22.6 Å². The lowest BCUT2D eigenvalue weighted by atomic mass is 10.3. The Labute approximate surface area is 83.0 Å². The number of aryl methyl sites for hydroxylation is 1. The Bertz CT molecular complexity index is 614. The fraction of sp³-hybridized carbons (Fsp3) is 0.125. The largest absolute Gasteiger partial charge is 0.329 e. The molecule has 0 fully saturated rings. The van der Waals surface area contributed by atoms with Gasteiger partial charge in [0.1, 0.15) is 5.65 Å². The van der Waals surface area contributed by atoms with Gasteiger partial charge in [0.2, 0.25) is 0 Å². The van der Waals surface area contributed by atoms with Gasteiger partial charge in [-0.15, -0.1) is 0 Å². The zero-order chi connectivity index (χ0) is 10.3. The second-order valence-electron chi connectivity index (χ2n) is 2.84. The van der Waals surface area contributed by atoms with E-state index in [0.717, 1.165) is 0 Å². The number of H-pyrrole nitrogens is 1. The summed E-state index contributed by atoms with van der Waals surface area (Å²) in [6, 6.07) is 1.47. The number of nitrogens with zero attached hydrogens (tertiary/aromatic N) is 2. The van der Waals surface area contributed by atoms with Crippen molar-refractivity contribution in [3.8, 4) is 0 Å². The highest BCUT2D eigenvalue weighted by atomic mass is 35.5. The summed E-state index contributed by atoms with van der Waals surface area (Å²) in [5, 5.41) is 0.668. The van der Waals surface area contributed by atoms with Crippen molar-refractivity contribution in [2.75, 3.05) is 0 Å². The number of aromatic nitrogens is 3. The monoisotopic (exact) mass is 211 g/mol. The Morgan fingerprint density at radius 2 is 2.21 bits per heavy atom. The van der Waals surface area contributed by atoms with E-state index in [0.29, 0.717) is 16.1 Å². The van der Waals surface area contributed by atoms with E-state index < -0.39 is 11.2 Å². The molecule has 0 aromatic carbocycles. The molecule has 2 heterocycles. The van der Waals surface area contributed by atoms with Gasteiger partial charge >= 0.3 is 5.69 Å². The van der Waals surface area contributed by atoms with Crippen LogP contribution < -0.4 is 11.2 Å². The molecule has 0 saturated carbocycles. The highest BCUT2D eigenvalue weighted by Crippen LogP contribution is 2.10. The van der Waals surface area contributed by atoms with Crippen LogP contribution in [0.2, 0.25) is 5.02 Å². The first-order valence-corrected chi connectivity index (χ1v) is 4.22. The first-order chi connectivity index (χ1) is 6.59. The predicted molar refractivity (Wildman–Crippen MR) is 52.6 cm³/mol. The molecule has 0 bridgehead atoms. The van der Waals surface area contributed by atoms with Crippen LogP contribution >= 0.6 is 11.6 Å². The number of fused-ring (bicyclic) bond motifs is 1.